The van der Waals surface area contributed by atoms with E-state index in [9.17, 15) is 0 Å². The van der Waals surface area contributed by atoms with Crippen LogP contribution in [0.25, 0.3) is 22.5 Å². The predicted molar refractivity (Wildman–Crippen MR) is 391 cm³/mol. The van der Waals surface area contributed by atoms with Crippen molar-refractivity contribution in [2.75, 3.05) is 63.4 Å². The van der Waals surface area contributed by atoms with Gasteiger partial charge in [-0.1, -0.05) is 189 Å². The van der Waals surface area contributed by atoms with Gasteiger partial charge in [-0.3, -0.25) is 0 Å². The number of fused-ring (bicyclic) bond motifs is 2. The third-order valence-corrected chi connectivity index (χ3v) is 15.6. The van der Waals surface area contributed by atoms with Crippen LogP contribution in [0.4, 0.5) is 45.5 Å². The van der Waals surface area contributed by atoms with Crippen LogP contribution >= 0.6 is 0 Å². The molecule has 3 aliphatic heterocycles. The third kappa shape index (κ3) is 17.9. The van der Waals surface area contributed by atoms with Crippen molar-refractivity contribution in [3.05, 3.63) is 288 Å². The van der Waals surface area contributed by atoms with Crippen LogP contribution in [0.3, 0.4) is 0 Å². The Bertz CT molecular complexity index is 4030. The normalized spacial score (nSPS) is 13.2. The van der Waals surface area contributed by atoms with Gasteiger partial charge in [-0.2, -0.15) is 0 Å². The number of pyridine rings is 2. The van der Waals surface area contributed by atoms with E-state index in [1.54, 1.807) is 6.92 Å². The number of hydrogen-bond donors (Lipinski definition) is 0. The SMILES string of the molecule is CC.CC.CC.CCc1ccc(-c2ccccc2C)[n+](C)c1.Cc1ccccc1N1C=CN(c2ccccc2)C1.Cc1ccccc1N1CN(C)c2ccccc21.[2H]C([2H])(C)c1ccc(-c2ccccc2C)[n+](C)c1.[2H]C([2H])([2H])N1CN(c2ccccc2C)c2ccccc21. The lowest BCUT2D eigenvalue weighted by atomic mass is 10.0. The van der Waals surface area contributed by atoms with Gasteiger partial charge in [-0.25, -0.2) is 9.13 Å². The molecular weight excluding hydrogens is 1100 g/mol. The highest BCUT2D eigenvalue weighted by Gasteiger charge is 2.26. The maximum Gasteiger partial charge on any atom is 0.212 e. The van der Waals surface area contributed by atoms with Gasteiger partial charge in [0.1, 0.15) is 14.1 Å². The lowest BCUT2D eigenvalue weighted by Gasteiger charge is -2.22. The van der Waals surface area contributed by atoms with Crippen molar-refractivity contribution in [1.82, 2.24) is 0 Å². The molecule has 0 amide bonds. The summed E-state index contributed by atoms with van der Waals surface area (Å²) in [6.45, 7) is 26.4. The molecule has 3 aliphatic rings. The van der Waals surface area contributed by atoms with E-state index in [1.807, 2.05) is 145 Å². The molecule has 0 N–H and O–H groups in total. The maximum absolute atomic E-state index is 7.74. The van der Waals surface area contributed by atoms with Crippen molar-refractivity contribution in [3.63, 3.8) is 0 Å². The van der Waals surface area contributed by atoms with Crippen LogP contribution in [-0.2, 0) is 26.9 Å². The minimum absolute atomic E-state index is 0.348. The number of rotatable bonds is 8. The van der Waals surface area contributed by atoms with Gasteiger partial charge >= 0.3 is 0 Å². The number of aryl methyl sites for hydroxylation is 9. The van der Waals surface area contributed by atoms with Gasteiger partial charge in [0.05, 0.1) is 42.8 Å². The van der Waals surface area contributed by atoms with E-state index in [4.69, 9.17) is 6.85 Å². The highest BCUT2D eigenvalue weighted by molar-refractivity contribution is 5.84. The average Bonchev–Trinajstić information content (AvgIpc) is 1.64. The highest BCUT2D eigenvalue weighted by atomic mass is 15.4. The van der Waals surface area contributed by atoms with Crippen LogP contribution in [0.5, 0.6) is 0 Å². The Morgan fingerprint density at radius 3 is 1.14 bits per heavy atom. The van der Waals surface area contributed by atoms with Gasteiger partial charge < -0.3 is 29.4 Å². The molecule has 2 aromatic heterocycles. The van der Waals surface area contributed by atoms with Crippen LogP contribution < -0.4 is 38.5 Å². The molecule has 0 fully saturated rings. The molecule has 0 unspecified atom stereocenters. The van der Waals surface area contributed by atoms with Crippen LogP contribution in [-0.4, -0.2) is 34.0 Å². The number of benzene rings is 8. The molecule has 0 saturated heterocycles. The largest absolute Gasteiger partial charge is 0.355 e. The molecule has 468 valence electrons. The number of hydrogen-bond acceptors (Lipinski definition) is 6. The van der Waals surface area contributed by atoms with E-state index in [2.05, 4.69) is 242 Å². The number of aromatic nitrogens is 2. The van der Waals surface area contributed by atoms with Crippen LogP contribution in [0.15, 0.2) is 249 Å². The molecule has 0 bridgehead atoms. The van der Waals surface area contributed by atoms with Crippen molar-refractivity contribution in [2.24, 2.45) is 14.1 Å². The fourth-order valence-electron chi connectivity index (χ4n) is 10.9. The van der Waals surface area contributed by atoms with Gasteiger partial charge in [0.2, 0.25) is 11.4 Å². The highest BCUT2D eigenvalue weighted by Crippen LogP contribution is 2.42. The van der Waals surface area contributed by atoms with Gasteiger partial charge in [-0.15, -0.1) is 0 Å². The van der Waals surface area contributed by atoms with E-state index < -0.39 is 13.3 Å². The summed E-state index contributed by atoms with van der Waals surface area (Å²) >= 11 is 0. The topological polar surface area (TPSA) is 27.2 Å². The molecule has 5 heterocycles. The minimum Gasteiger partial charge on any atom is -0.355 e. The summed E-state index contributed by atoms with van der Waals surface area (Å²) in [5, 5.41) is 0. The van der Waals surface area contributed by atoms with Crippen molar-refractivity contribution in [3.8, 4) is 22.5 Å². The summed E-state index contributed by atoms with van der Waals surface area (Å²) in [6.07, 6.45) is 8.12. The van der Waals surface area contributed by atoms with Gasteiger partial charge in [0, 0.05) is 90.4 Å². The Balaban J connectivity index is 0.000000184. The van der Waals surface area contributed by atoms with Gasteiger partial charge in [0.25, 0.3) is 0 Å². The Morgan fingerprint density at radius 1 is 0.367 bits per heavy atom. The van der Waals surface area contributed by atoms with Crippen LogP contribution in [0.2, 0.25) is 0 Å². The minimum atomic E-state index is -2.13. The monoisotopic (exact) mass is 1200 g/mol. The van der Waals surface area contributed by atoms with Crippen molar-refractivity contribution >= 4 is 45.5 Å². The molecular formula is C82H102N8+2. The average molecular weight is 1200 g/mol. The summed E-state index contributed by atoms with van der Waals surface area (Å²) in [5.41, 5.74) is 22.4. The molecule has 10 aromatic rings. The molecule has 8 heteroatoms. The Hall–Kier alpha value is -9.40. The summed E-state index contributed by atoms with van der Waals surface area (Å²) in [7, 11) is 6.20. The molecule has 0 atom stereocenters. The summed E-state index contributed by atoms with van der Waals surface area (Å²) < 4.78 is 42.8. The molecule has 8 nitrogen and oxygen atoms in total. The quantitative estimate of drug-likeness (QED) is 0.141. The zero-order valence-electron chi connectivity index (χ0n) is 61.6. The number of nitrogens with zero attached hydrogens (tertiary/aromatic N) is 8. The maximum atomic E-state index is 7.74. The van der Waals surface area contributed by atoms with E-state index in [0.717, 1.165) is 48.1 Å². The van der Waals surface area contributed by atoms with E-state index in [0.29, 0.717) is 12.2 Å². The Kier molecular flexibility index (Phi) is 24.6. The molecule has 0 saturated carbocycles. The Labute approximate surface area is 549 Å². The number of para-hydroxylation sites is 8. The second kappa shape index (κ2) is 35.6. The van der Waals surface area contributed by atoms with Crippen molar-refractivity contribution in [2.45, 2.75) is 103 Å². The first kappa shape index (κ1) is 62.2. The first-order valence-electron chi connectivity index (χ1n) is 34.5. The summed E-state index contributed by atoms with van der Waals surface area (Å²) in [5.74, 6) is 0. The molecule has 0 spiro atoms. The zero-order valence-corrected chi connectivity index (χ0v) is 56.6. The second-order valence-electron chi connectivity index (χ2n) is 21.5. The van der Waals surface area contributed by atoms with Crippen molar-refractivity contribution in [1.29, 1.82) is 0 Å². The molecule has 8 aromatic carbocycles. The molecule has 90 heavy (non-hydrogen) atoms. The lowest BCUT2D eigenvalue weighted by Crippen LogP contribution is -2.31. The second-order valence-corrected chi connectivity index (χ2v) is 21.5. The lowest BCUT2D eigenvalue weighted by molar-refractivity contribution is -0.660. The Morgan fingerprint density at radius 2 is 0.722 bits per heavy atom. The molecule has 0 aliphatic carbocycles. The number of anilines is 8. The van der Waals surface area contributed by atoms with Crippen LogP contribution in [0, 0.1) is 34.6 Å². The smallest absolute Gasteiger partial charge is 0.212 e. The third-order valence-electron chi connectivity index (χ3n) is 15.6. The fraction of sp³-hybridized carbons (Fsp3) is 0.268. The fourth-order valence-corrected chi connectivity index (χ4v) is 10.9. The zero-order chi connectivity index (χ0) is 69.4. The van der Waals surface area contributed by atoms with E-state index >= 15 is 0 Å². The van der Waals surface area contributed by atoms with E-state index in [-0.39, 0.29) is 0 Å². The first-order valence-corrected chi connectivity index (χ1v) is 32.0. The molecule has 13 rings (SSSR count). The standard InChI is InChI=1S/C16H16N2.2C15H16N2.2C15H18N.3C2H6/c1-14-7-5-6-10-16(14)18-12-11-17(13-18)15-8-3-2-4-9-15;2*1-12-7-3-4-8-13(12)17-11-16(2)14-9-5-6-10-15(14)17;2*1-4-13-9-10-15(16(3)11-13)14-8-6-5-7-12(14)2;3*1-2/h2-12H,13H2,1H3;2*3-10H,11H2,1-2H3;2*5-11H,4H2,1-3H3;3*1-2H3/q;;;2*+1;;;/i;2D3;;4D2;;;;. The first-order chi connectivity index (χ1) is 45.7. The summed E-state index contributed by atoms with van der Waals surface area (Å²) in [6, 6.07) is 76.7. The van der Waals surface area contributed by atoms with E-state index in [1.165, 1.54) is 78.0 Å². The van der Waals surface area contributed by atoms with Gasteiger partial charge in [-0.05, 0) is 154 Å². The van der Waals surface area contributed by atoms with Gasteiger partial charge in [0.15, 0.2) is 12.4 Å². The van der Waals surface area contributed by atoms with Crippen molar-refractivity contribution < 1.29 is 16.0 Å². The predicted octanol–water partition coefficient (Wildman–Crippen LogP) is 20.0. The molecule has 0 radical (unpaired) electrons. The van der Waals surface area contributed by atoms with Crippen LogP contribution in [0.1, 0.15) is 101 Å². The summed E-state index contributed by atoms with van der Waals surface area (Å²) in [4.78, 5) is 12.7.